The van der Waals surface area contributed by atoms with Crippen molar-refractivity contribution in [2.45, 2.75) is 11.3 Å². The molecule has 0 saturated heterocycles. The maximum absolute atomic E-state index is 11.9. The molecule has 9 heteroatoms. The van der Waals surface area contributed by atoms with Gasteiger partial charge < -0.3 is 5.11 Å². The zero-order valence-electron chi connectivity index (χ0n) is 9.62. The number of aromatic nitrogens is 3. The fraction of sp³-hybridized carbons (Fsp3) is 0.200. The Bertz CT molecular complexity index is 695. The lowest BCUT2D eigenvalue weighted by Gasteiger charge is -2.00. The minimum atomic E-state index is -3.67. The maximum atomic E-state index is 11.9. The van der Waals surface area contributed by atoms with E-state index >= 15 is 0 Å². The normalized spacial score (nSPS) is 10.8. The summed E-state index contributed by atoms with van der Waals surface area (Å²) in [6.45, 7) is -0.00816. The van der Waals surface area contributed by atoms with Crippen LogP contribution in [0, 0.1) is 11.8 Å². The smallest absolute Gasteiger partial charge is 0.266 e. The molecule has 2 aromatic heterocycles. The van der Waals surface area contributed by atoms with E-state index in [1.807, 2.05) is 0 Å². The van der Waals surface area contributed by atoms with Crippen molar-refractivity contribution in [2.75, 3.05) is 11.3 Å². The Morgan fingerprint density at radius 3 is 3.00 bits per heavy atom. The van der Waals surface area contributed by atoms with E-state index in [2.05, 4.69) is 31.7 Å². The average Bonchev–Trinajstić information content (AvgIpc) is 3.00. The zero-order valence-corrected chi connectivity index (χ0v) is 11.3. The van der Waals surface area contributed by atoms with Crippen molar-refractivity contribution in [1.29, 1.82) is 0 Å². The number of nitrogens with one attached hydrogen (secondary N) is 2. The summed E-state index contributed by atoms with van der Waals surface area (Å²) in [6.07, 6.45) is 4.33. The van der Waals surface area contributed by atoms with Gasteiger partial charge in [0, 0.05) is 12.6 Å². The molecule has 0 aliphatic rings. The van der Waals surface area contributed by atoms with Crippen molar-refractivity contribution in [3.8, 4) is 11.8 Å². The number of rotatable bonds is 4. The Morgan fingerprint density at radius 1 is 1.47 bits per heavy atom. The Labute approximate surface area is 113 Å². The van der Waals surface area contributed by atoms with Gasteiger partial charge >= 0.3 is 0 Å². The lowest BCUT2D eigenvalue weighted by molar-refractivity contribution is 0.305. The first-order chi connectivity index (χ1) is 9.12. The molecule has 0 saturated carbocycles. The van der Waals surface area contributed by atoms with Crippen LogP contribution in [0.3, 0.4) is 0 Å². The lowest BCUT2D eigenvalue weighted by atomic mass is 10.4. The molecule has 2 heterocycles. The number of aromatic amines is 1. The molecule has 7 nitrogen and oxygen atoms in total. The van der Waals surface area contributed by atoms with Gasteiger partial charge in [-0.05, 0) is 0 Å². The number of aliphatic hydroxyl groups is 1. The number of aliphatic hydroxyl groups excluding tert-OH is 1. The Morgan fingerprint density at radius 2 is 2.32 bits per heavy atom. The van der Waals surface area contributed by atoms with Crippen molar-refractivity contribution >= 4 is 26.5 Å². The molecular weight excluding hydrogens is 288 g/mol. The van der Waals surface area contributed by atoms with Gasteiger partial charge in [0.05, 0.1) is 23.9 Å². The molecule has 0 bridgehead atoms. The lowest BCUT2D eigenvalue weighted by Crippen LogP contribution is -2.11. The van der Waals surface area contributed by atoms with Crippen LogP contribution in [0.5, 0.6) is 0 Å². The zero-order chi connectivity index (χ0) is 13.7. The molecule has 0 spiro atoms. The van der Waals surface area contributed by atoms with Crippen molar-refractivity contribution < 1.29 is 13.5 Å². The third-order valence-corrected chi connectivity index (χ3v) is 4.22. The predicted octanol–water partition coefficient (Wildman–Crippen LogP) is 0.401. The van der Waals surface area contributed by atoms with Crippen molar-refractivity contribution in [3.05, 3.63) is 23.5 Å². The van der Waals surface area contributed by atoms with Crippen LogP contribution in [-0.4, -0.2) is 35.3 Å². The first-order valence-corrected chi connectivity index (χ1v) is 7.49. The Kier molecular flexibility index (Phi) is 4.16. The molecule has 0 unspecified atom stereocenters. The van der Waals surface area contributed by atoms with Crippen molar-refractivity contribution in [1.82, 2.24) is 15.2 Å². The van der Waals surface area contributed by atoms with E-state index in [1.165, 1.54) is 18.6 Å². The molecule has 100 valence electrons. The minimum Gasteiger partial charge on any atom is -0.395 e. The summed E-state index contributed by atoms with van der Waals surface area (Å²) >= 11 is 1.12. The third kappa shape index (κ3) is 3.54. The summed E-state index contributed by atoms with van der Waals surface area (Å²) in [5.74, 6) is 5.51. The molecule has 3 N–H and O–H groups in total. The maximum Gasteiger partial charge on any atom is 0.266 e. The quantitative estimate of drug-likeness (QED) is 0.708. The summed E-state index contributed by atoms with van der Waals surface area (Å²) < 4.78 is 26.1. The second-order valence-electron chi connectivity index (χ2n) is 3.34. The van der Waals surface area contributed by atoms with Gasteiger partial charge in [0.1, 0.15) is 4.90 Å². The van der Waals surface area contributed by atoms with Crippen LogP contribution in [0.4, 0.5) is 5.13 Å². The monoisotopic (exact) mass is 298 g/mol. The summed E-state index contributed by atoms with van der Waals surface area (Å²) in [5.41, 5.74) is 0. The average molecular weight is 298 g/mol. The minimum absolute atomic E-state index is 0.00816. The van der Waals surface area contributed by atoms with Crippen LogP contribution in [0.15, 0.2) is 23.5 Å². The predicted molar refractivity (Wildman–Crippen MR) is 70.1 cm³/mol. The van der Waals surface area contributed by atoms with Crippen LogP contribution < -0.4 is 4.72 Å². The van der Waals surface area contributed by atoms with E-state index in [1.54, 1.807) is 0 Å². The second kappa shape index (κ2) is 5.83. The van der Waals surface area contributed by atoms with Gasteiger partial charge in [0.25, 0.3) is 10.0 Å². The summed E-state index contributed by atoms with van der Waals surface area (Å²) in [5, 5.41) is 14.8. The van der Waals surface area contributed by atoms with Crippen LogP contribution in [0.2, 0.25) is 0 Å². The second-order valence-corrected chi connectivity index (χ2v) is 6.06. The SMILES string of the molecule is O=S(=O)(Nc1ncc(C#CCCO)s1)c1cn[nH]c1. The van der Waals surface area contributed by atoms with E-state index in [-0.39, 0.29) is 16.6 Å². The molecule has 0 atom stereocenters. The number of hydrogen-bond donors (Lipinski definition) is 3. The fourth-order valence-corrected chi connectivity index (χ4v) is 2.98. The summed E-state index contributed by atoms with van der Waals surface area (Å²) in [4.78, 5) is 4.58. The topological polar surface area (TPSA) is 108 Å². The first-order valence-electron chi connectivity index (χ1n) is 5.19. The van der Waals surface area contributed by atoms with Gasteiger partial charge in [-0.3, -0.25) is 9.82 Å². The Hall–Kier alpha value is -1.89. The van der Waals surface area contributed by atoms with E-state index in [0.717, 1.165) is 11.3 Å². The van der Waals surface area contributed by atoms with Crippen molar-refractivity contribution in [3.63, 3.8) is 0 Å². The Balaban J connectivity index is 2.11. The van der Waals surface area contributed by atoms with E-state index in [4.69, 9.17) is 5.11 Å². The number of sulfonamides is 1. The van der Waals surface area contributed by atoms with Crippen LogP contribution in [-0.2, 0) is 10.0 Å². The highest BCUT2D eigenvalue weighted by Gasteiger charge is 2.16. The van der Waals surface area contributed by atoms with Gasteiger partial charge in [0.15, 0.2) is 5.13 Å². The summed E-state index contributed by atoms with van der Waals surface area (Å²) in [7, 11) is -3.67. The molecule has 19 heavy (non-hydrogen) atoms. The number of H-pyrrole nitrogens is 1. The molecule has 2 aromatic rings. The third-order valence-electron chi connectivity index (χ3n) is 1.96. The molecule has 2 rings (SSSR count). The van der Waals surface area contributed by atoms with Gasteiger partial charge in [-0.1, -0.05) is 23.2 Å². The van der Waals surface area contributed by atoms with Gasteiger partial charge in [0.2, 0.25) is 0 Å². The fourth-order valence-electron chi connectivity index (χ4n) is 1.14. The standard InChI is InChI=1S/C10H10N4O3S2/c15-4-2-1-3-8-5-11-10(18-8)14-19(16,17)9-6-12-13-7-9/h5-7,15H,2,4H2,(H,11,14)(H,12,13). The first kappa shape index (κ1) is 13.5. The molecular formula is C10H10N4O3S2. The highest BCUT2D eigenvalue weighted by Crippen LogP contribution is 2.20. The molecule has 0 aliphatic carbocycles. The number of nitrogens with zero attached hydrogens (tertiary/aromatic N) is 2. The van der Waals surface area contributed by atoms with Gasteiger partial charge in [-0.15, -0.1) is 0 Å². The number of thiazole rings is 1. The van der Waals surface area contributed by atoms with E-state index < -0.39 is 10.0 Å². The van der Waals surface area contributed by atoms with Crippen molar-refractivity contribution in [2.24, 2.45) is 0 Å². The van der Waals surface area contributed by atoms with E-state index in [0.29, 0.717) is 11.3 Å². The van der Waals surface area contributed by atoms with Gasteiger partial charge in [-0.25, -0.2) is 13.4 Å². The highest BCUT2D eigenvalue weighted by atomic mass is 32.2. The molecule has 0 amide bonds. The van der Waals surface area contributed by atoms with Gasteiger partial charge in [-0.2, -0.15) is 5.10 Å². The van der Waals surface area contributed by atoms with Crippen LogP contribution in [0.25, 0.3) is 0 Å². The van der Waals surface area contributed by atoms with Crippen LogP contribution in [0.1, 0.15) is 11.3 Å². The largest absolute Gasteiger partial charge is 0.395 e. The summed E-state index contributed by atoms with van der Waals surface area (Å²) in [6, 6.07) is 0. The number of hydrogen-bond acceptors (Lipinski definition) is 6. The molecule has 0 aliphatic heterocycles. The highest BCUT2D eigenvalue weighted by molar-refractivity contribution is 7.93. The molecule has 0 aromatic carbocycles. The molecule has 0 fully saturated rings. The van der Waals surface area contributed by atoms with E-state index in [9.17, 15) is 8.42 Å². The molecule has 0 radical (unpaired) electrons. The number of anilines is 1. The van der Waals surface area contributed by atoms with Crippen LogP contribution >= 0.6 is 11.3 Å².